The van der Waals surface area contributed by atoms with Crippen molar-refractivity contribution in [1.82, 2.24) is 0 Å². The Bertz CT molecular complexity index is 82.4. The molecular weight excluding hydrogens is 112 g/mol. The van der Waals surface area contributed by atoms with Crippen LogP contribution < -0.4 is 0 Å². The molecule has 0 radical (unpaired) electrons. The van der Waals surface area contributed by atoms with Crippen LogP contribution in [0.5, 0.6) is 0 Å². The van der Waals surface area contributed by atoms with Gasteiger partial charge in [0.05, 0.1) is 8.07 Å². The van der Waals surface area contributed by atoms with Gasteiger partial charge < -0.3 is 0 Å². The maximum absolute atomic E-state index is 2.38. The highest BCUT2D eigenvalue weighted by atomic mass is 28.3. The van der Waals surface area contributed by atoms with Gasteiger partial charge in [-0.3, -0.25) is 0 Å². The minimum atomic E-state index is -0.858. The molecule has 0 amide bonds. The first kappa shape index (κ1) is 7.96. The smallest absolute Gasteiger partial charge is 0.0710 e. The Hall–Kier alpha value is -0.0431. The Balaban J connectivity index is 3.71. The molecule has 0 aliphatic carbocycles. The Labute approximate surface area is 53.6 Å². The van der Waals surface area contributed by atoms with Crippen molar-refractivity contribution >= 4 is 8.07 Å². The molecule has 0 aromatic heterocycles. The van der Waals surface area contributed by atoms with Gasteiger partial charge in [-0.1, -0.05) is 37.8 Å². The lowest BCUT2D eigenvalue weighted by atomic mass is 10.8. The van der Waals surface area contributed by atoms with Crippen LogP contribution in [0.1, 0.15) is 13.8 Å². The zero-order valence-electron chi connectivity index (χ0n) is 6.36. The fraction of sp³-hybridized carbons (Fsp3) is 0.714. The summed E-state index contributed by atoms with van der Waals surface area (Å²) < 4.78 is 0. The van der Waals surface area contributed by atoms with Gasteiger partial charge in [0.15, 0.2) is 0 Å². The molecule has 0 atom stereocenters. The zero-order valence-corrected chi connectivity index (χ0v) is 7.36. The summed E-state index contributed by atoms with van der Waals surface area (Å²) in [5.41, 5.74) is 2.38. The summed E-state index contributed by atoms with van der Waals surface area (Å²) in [7, 11) is -0.858. The van der Waals surface area contributed by atoms with Crippen molar-refractivity contribution in [2.24, 2.45) is 0 Å². The van der Waals surface area contributed by atoms with E-state index >= 15 is 0 Å². The van der Waals surface area contributed by atoms with E-state index in [1.807, 2.05) is 0 Å². The third-order valence-electron chi connectivity index (χ3n) is 1.53. The van der Waals surface area contributed by atoms with Crippen LogP contribution in [0.25, 0.3) is 0 Å². The maximum atomic E-state index is 2.38. The average molecular weight is 128 g/mol. The van der Waals surface area contributed by atoms with Crippen LogP contribution in [0.3, 0.4) is 0 Å². The molecule has 0 saturated carbocycles. The molecule has 0 bridgehead atoms. The molecule has 1 heteroatoms. The standard InChI is InChI=1S/C7H16Si/c1-5-7-8(3,4)6-2/h5,7H,6H2,1-4H3. The van der Waals surface area contributed by atoms with E-state index in [0.29, 0.717) is 0 Å². The second-order valence-corrected chi connectivity index (χ2v) is 7.86. The first-order valence-corrected chi connectivity index (χ1v) is 6.54. The van der Waals surface area contributed by atoms with Crippen LogP contribution in [-0.2, 0) is 0 Å². The largest absolute Gasteiger partial charge is 0.0989 e. The Morgan fingerprint density at radius 1 is 1.38 bits per heavy atom. The van der Waals surface area contributed by atoms with Crippen LogP contribution in [0.2, 0.25) is 19.1 Å². The quantitative estimate of drug-likeness (QED) is 0.502. The van der Waals surface area contributed by atoms with Crippen molar-refractivity contribution in [3.63, 3.8) is 0 Å². The Morgan fingerprint density at radius 2 is 1.88 bits per heavy atom. The lowest BCUT2D eigenvalue weighted by Gasteiger charge is -2.12. The van der Waals surface area contributed by atoms with E-state index in [1.54, 1.807) is 0 Å². The van der Waals surface area contributed by atoms with Crippen LogP contribution in [-0.4, -0.2) is 8.07 Å². The molecule has 0 aliphatic heterocycles. The molecular formula is C7H16Si. The van der Waals surface area contributed by atoms with Gasteiger partial charge in [-0.2, -0.15) is 0 Å². The highest BCUT2D eigenvalue weighted by Gasteiger charge is 2.11. The number of rotatable bonds is 2. The van der Waals surface area contributed by atoms with E-state index in [2.05, 4.69) is 38.7 Å². The fourth-order valence-corrected chi connectivity index (χ4v) is 1.71. The summed E-state index contributed by atoms with van der Waals surface area (Å²) >= 11 is 0. The average Bonchev–Trinajstić information content (AvgIpc) is 1.67. The monoisotopic (exact) mass is 128 g/mol. The predicted octanol–water partition coefficient (Wildman–Crippen LogP) is 2.83. The summed E-state index contributed by atoms with van der Waals surface area (Å²) in [6.45, 7) is 9.14. The topological polar surface area (TPSA) is 0 Å². The molecule has 0 fully saturated rings. The summed E-state index contributed by atoms with van der Waals surface area (Å²) in [5, 5.41) is 0. The van der Waals surface area contributed by atoms with Gasteiger partial charge in [0, 0.05) is 0 Å². The second-order valence-electron chi connectivity index (χ2n) is 2.84. The van der Waals surface area contributed by atoms with Crippen LogP contribution in [0.15, 0.2) is 11.8 Å². The van der Waals surface area contributed by atoms with Crippen LogP contribution in [0.4, 0.5) is 0 Å². The molecule has 0 rings (SSSR count). The first-order chi connectivity index (χ1) is 3.62. The van der Waals surface area contributed by atoms with Gasteiger partial charge in [-0.15, -0.1) is 0 Å². The summed E-state index contributed by atoms with van der Waals surface area (Å²) in [6, 6.07) is 1.36. The first-order valence-electron chi connectivity index (χ1n) is 3.26. The highest BCUT2D eigenvalue weighted by molar-refractivity contribution is 6.82. The molecule has 0 unspecified atom stereocenters. The molecule has 8 heavy (non-hydrogen) atoms. The number of hydrogen-bond donors (Lipinski definition) is 0. The molecule has 0 aliphatic rings. The molecule has 0 N–H and O–H groups in total. The zero-order chi connectivity index (χ0) is 6.62. The van der Waals surface area contributed by atoms with Gasteiger partial charge in [-0.25, -0.2) is 0 Å². The van der Waals surface area contributed by atoms with Crippen molar-refractivity contribution in [2.75, 3.05) is 0 Å². The van der Waals surface area contributed by atoms with Crippen molar-refractivity contribution < 1.29 is 0 Å². The Kier molecular flexibility index (Phi) is 3.06. The normalized spacial score (nSPS) is 13.0. The van der Waals surface area contributed by atoms with Crippen molar-refractivity contribution in [3.8, 4) is 0 Å². The van der Waals surface area contributed by atoms with Crippen LogP contribution >= 0.6 is 0 Å². The van der Waals surface area contributed by atoms with Crippen LogP contribution in [0, 0.1) is 0 Å². The minimum absolute atomic E-state index is 0.858. The van der Waals surface area contributed by atoms with Crippen molar-refractivity contribution in [1.29, 1.82) is 0 Å². The summed E-state index contributed by atoms with van der Waals surface area (Å²) in [5.74, 6) is 0. The maximum Gasteiger partial charge on any atom is 0.0710 e. The predicted molar refractivity (Wildman–Crippen MR) is 42.8 cm³/mol. The Morgan fingerprint density at radius 3 is 2.00 bits per heavy atom. The van der Waals surface area contributed by atoms with Gasteiger partial charge in [0.1, 0.15) is 0 Å². The van der Waals surface area contributed by atoms with Gasteiger partial charge >= 0.3 is 0 Å². The molecule has 0 saturated heterocycles. The number of hydrogen-bond acceptors (Lipinski definition) is 0. The fourth-order valence-electron chi connectivity index (χ4n) is 0.569. The molecule has 0 spiro atoms. The molecule has 48 valence electrons. The lowest BCUT2D eigenvalue weighted by molar-refractivity contribution is 1.37. The third-order valence-corrected chi connectivity index (χ3v) is 4.59. The molecule has 0 nitrogen and oxygen atoms in total. The second kappa shape index (κ2) is 3.08. The summed E-state index contributed by atoms with van der Waals surface area (Å²) in [4.78, 5) is 0. The van der Waals surface area contributed by atoms with E-state index in [0.717, 1.165) is 0 Å². The van der Waals surface area contributed by atoms with Crippen molar-refractivity contribution in [3.05, 3.63) is 11.8 Å². The van der Waals surface area contributed by atoms with E-state index in [9.17, 15) is 0 Å². The lowest BCUT2D eigenvalue weighted by Crippen LogP contribution is -2.19. The summed E-state index contributed by atoms with van der Waals surface area (Å²) in [6.07, 6.45) is 2.18. The SMILES string of the molecule is CC=C[Si](C)(C)CC. The third kappa shape index (κ3) is 3.02. The van der Waals surface area contributed by atoms with E-state index < -0.39 is 8.07 Å². The van der Waals surface area contributed by atoms with Gasteiger partial charge in [0.25, 0.3) is 0 Å². The van der Waals surface area contributed by atoms with E-state index in [1.165, 1.54) is 6.04 Å². The van der Waals surface area contributed by atoms with Gasteiger partial charge in [0.2, 0.25) is 0 Å². The van der Waals surface area contributed by atoms with Crippen molar-refractivity contribution in [2.45, 2.75) is 33.0 Å². The highest BCUT2D eigenvalue weighted by Crippen LogP contribution is 2.08. The molecule has 0 heterocycles. The molecule has 0 aromatic carbocycles. The van der Waals surface area contributed by atoms with Gasteiger partial charge in [-0.05, 0) is 6.92 Å². The van der Waals surface area contributed by atoms with E-state index in [-0.39, 0.29) is 0 Å². The minimum Gasteiger partial charge on any atom is -0.0989 e. The number of allylic oxidation sites excluding steroid dienone is 1. The van der Waals surface area contributed by atoms with E-state index in [4.69, 9.17) is 0 Å². The molecule has 0 aromatic rings.